The van der Waals surface area contributed by atoms with E-state index in [-0.39, 0.29) is 12.1 Å². The minimum Gasteiger partial charge on any atom is -0.396 e. The van der Waals surface area contributed by atoms with Gasteiger partial charge in [-0.1, -0.05) is 30.3 Å². The molecule has 0 aromatic heterocycles. The van der Waals surface area contributed by atoms with Gasteiger partial charge in [0, 0.05) is 31.8 Å². The van der Waals surface area contributed by atoms with Crippen LogP contribution in [0.5, 0.6) is 0 Å². The van der Waals surface area contributed by atoms with E-state index in [1.807, 2.05) is 0 Å². The molecule has 4 nitrogen and oxygen atoms in total. The number of rotatable bonds is 8. The summed E-state index contributed by atoms with van der Waals surface area (Å²) < 4.78 is 0. The fraction of sp³-hybridized carbons (Fsp3) is 0.647. The van der Waals surface area contributed by atoms with Crippen LogP contribution in [0.1, 0.15) is 31.2 Å². The highest BCUT2D eigenvalue weighted by molar-refractivity contribution is 5.15. The molecule has 1 heterocycles. The average Bonchev–Trinajstić information content (AvgIpc) is 2.53. The summed E-state index contributed by atoms with van der Waals surface area (Å²) in [6.07, 6.45) is 4.21. The van der Waals surface area contributed by atoms with Crippen molar-refractivity contribution in [3.05, 3.63) is 35.9 Å². The first-order valence-corrected chi connectivity index (χ1v) is 8.10. The molecule has 1 aromatic rings. The molecule has 1 atom stereocenters. The number of nitrogens with one attached hydrogen (secondary N) is 1. The maximum absolute atomic E-state index is 8.87. The summed E-state index contributed by atoms with van der Waals surface area (Å²) in [5, 5.41) is 12.5. The zero-order valence-electron chi connectivity index (χ0n) is 12.9. The average molecular weight is 291 g/mol. The number of aliphatic hydroxyl groups is 1. The van der Waals surface area contributed by atoms with Crippen molar-refractivity contribution in [2.75, 3.05) is 32.8 Å². The Balaban J connectivity index is 1.87. The molecule has 1 aliphatic heterocycles. The Labute approximate surface area is 128 Å². The van der Waals surface area contributed by atoms with Gasteiger partial charge in [0.2, 0.25) is 0 Å². The fourth-order valence-corrected chi connectivity index (χ4v) is 3.18. The van der Waals surface area contributed by atoms with E-state index in [9.17, 15) is 0 Å². The highest BCUT2D eigenvalue weighted by atomic mass is 16.2. The van der Waals surface area contributed by atoms with Gasteiger partial charge in [0.05, 0.1) is 0 Å². The molecule has 0 bridgehead atoms. The van der Waals surface area contributed by atoms with Crippen molar-refractivity contribution in [2.24, 2.45) is 5.73 Å². The topological polar surface area (TPSA) is 61.5 Å². The summed E-state index contributed by atoms with van der Waals surface area (Å²) in [5.41, 5.74) is 7.48. The first-order chi connectivity index (χ1) is 10.3. The van der Waals surface area contributed by atoms with Crippen molar-refractivity contribution in [1.82, 2.24) is 10.2 Å². The number of aliphatic hydroxyl groups excluding tert-OH is 1. The van der Waals surface area contributed by atoms with E-state index in [1.165, 1.54) is 12.0 Å². The zero-order chi connectivity index (χ0) is 15.0. The van der Waals surface area contributed by atoms with Gasteiger partial charge in [-0.15, -0.1) is 0 Å². The molecular formula is C17H29N3O. The van der Waals surface area contributed by atoms with Crippen LogP contribution >= 0.6 is 0 Å². The van der Waals surface area contributed by atoms with Crippen molar-refractivity contribution >= 4 is 0 Å². The molecule has 1 saturated heterocycles. The van der Waals surface area contributed by atoms with Crippen LogP contribution in [0.15, 0.2) is 30.3 Å². The number of nitrogens with zero attached hydrogens (tertiary/aromatic N) is 1. The van der Waals surface area contributed by atoms with Crippen LogP contribution in [0.25, 0.3) is 0 Å². The third kappa shape index (κ3) is 5.08. The number of hydrogen-bond acceptors (Lipinski definition) is 4. The maximum Gasteiger partial charge on any atom is 0.0433 e. The summed E-state index contributed by atoms with van der Waals surface area (Å²) in [5.74, 6) is 0. The zero-order valence-corrected chi connectivity index (χ0v) is 12.9. The largest absolute Gasteiger partial charge is 0.396 e. The molecule has 2 rings (SSSR count). The minimum absolute atomic E-state index is 0.0441. The molecule has 0 amide bonds. The van der Waals surface area contributed by atoms with E-state index in [0.29, 0.717) is 6.54 Å². The van der Waals surface area contributed by atoms with Gasteiger partial charge in [-0.05, 0) is 44.3 Å². The number of piperidine rings is 1. The molecule has 0 spiro atoms. The third-order valence-electron chi connectivity index (χ3n) is 4.38. The smallest absolute Gasteiger partial charge is 0.0433 e. The van der Waals surface area contributed by atoms with Gasteiger partial charge >= 0.3 is 0 Å². The summed E-state index contributed by atoms with van der Waals surface area (Å²) >= 11 is 0. The van der Waals surface area contributed by atoms with Gasteiger partial charge in [0.25, 0.3) is 0 Å². The molecule has 0 radical (unpaired) electrons. The van der Waals surface area contributed by atoms with Crippen molar-refractivity contribution in [3.63, 3.8) is 0 Å². The van der Waals surface area contributed by atoms with E-state index in [2.05, 4.69) is 40.5 Å². The second-order valence-corrected chi connectivity index (χ2v) is 6.14. The Kier molecular flexibility index (Phi) is 6.64. The summed E-state index contributed by atoms with van der Waals surface area (Å²) in [7, 11) is 0. The Morgan fingerprint density at radius 2 is 2.05 bits per heavy atom. The third-order valence-corrected chi connectivity index (χ3v) is 4.38. The van der Waals surface area contributed by atoms with Crippen LogP contribution < -0.4 is 11.1 Å². The second-order valence-electron chi connectivity index (χ2n) is 6.14. The molecule has 4 N–H and O–H groups in total. The van der Waals surface area contributed by atoms with Crippen LogP contribution in [0, 0.1) is 0 Å². The maximum atomic E-state index is 8.87. The molecule has 1 fully saturated rings. The summed E-state index contributed by atoms with van der Waals surface area (Å²) in [4.78, 5) is 2.50. The SMILES string of the molecule is NCC1(NCCCCO)CCCN(Cc2ccccc2)C1. The lowest BCUT2D eigenvalue weighted by atomic mass is 9.88. The van der Waals surface area contributed by atoms with E-state index in [1.54, 1.807) is 0 Å². The van der Waals surface area contributed by atoms with Crippen LogP contribution in [0.3, 0.4) is 0 Å². The molecule has 1 aliphatic rings. The van der Waals surface area contributed by atoms with Crippen LogP contribution in [-0.4, -0.2) is 48.3 Å². The van der Waals surface area contributed by atoms with Crippen molar-refractivity contribution in [1.29, 1.82) is 0 Å². The van der Waals surface area contributed by atoms with Gasteiger partial charge < -0.3 is 16.2 Å². The predicted molar refractivity (Wildman–Crippen MR) is 87.1 cm³/mol. The molecule has 0 saturated carbocycles. The Hall–Kier alpha value is -0.940. The molecule has 1 unspecified atom stereocenters. The number of likely N-dealkylation sites (tertiary alicyclic amines) is 1. The van der Waals surface area contributed by atoms with Gasteiger partial charge in [-0.2, -0.15) is 0 Å². The van der Waals surface area contributed by atoms with Gasteiger partial charge in [0.1, 0.15) is 0 Å². The summed E-state index contributed by atoms with van der Waals surface area (Å²) in [6, 6.07) is 10.6. The van der Waals surface area contributed by atoms with Gasteiger partial charge in [0.15, 0.2) is 0 Å². The lowest BCUT2D eigenvalue weighted by molar-refractivity contribution is 0.119. The van der Waals surface area contributed by atoms with E-state index in [0.717, 1.165) is 45.4 Å². The highest BCUT2D eigenvalue weighted by Gasteiger charge is 2.33. The van der Waals surface area contributed by atoms with Crippen LogP contribution in [-0.2, 0) is 6.54 Å². The number of nitrogens with two attached hydrogens (primary N) is 1. The van der Waals surface area contributed by atoms with Crippen molar-refractivity contribution < 1.29 is 5.11 Å². The first kappa shape index (κ1) is 16.4. The molecular weight excluding hydrogens is 262 g/mol. The quantitative estimate of drug-likeness (QED) is 0.633. The fourth-order valence-electron chi connectivity index (χ4n) is 3.18. The van der Waals surface area contributed by atoms with E-state index >= 15 is 0 Å². The molecule has 0 aliphatic carbocycles. The van der Waals surface area contributed by atoms with Crippen molar-refractivity contribution in [2.45, 2.75) is 37.8 Å². The van der Waals surface area contributed by atoms with Crippen LogP contribution in [0.4, 0.5) is 0 Å². The van der Waals surface area contributed by atoms with Crippen molar-refractivity contribution in [3.8, 4) is 0 Å². The molecule has 4 heteroatoms. The Morgan fingerprint density at radius 1 is 1.24 bits per heavy atom. The molecule has 1 aromatic carbocycles. The lowest BCUT2D eigenvalue weighted by Crippen LogP contribution is -2.61. The number of unbranched alkanes of at least 4 members (excludes halogenated alkanes) is 1. The number of hydrogen-bond donors (Lipinski definition) is 3. The Morgan fingerprint density at radius 3 is 2.76 bits per heavy atom. The Bertz CT molecular complexity index is 398. The highest BCUT2D eigenvalue weighted by Crippen LogP contribution is 2.22. The van der Waals surface area contributed by atoms with E-state index < -0.39 is 0 Å². The normalized spacial score (nSPS) is 23.3. The summed E-state index contributed by atoms with van der Waals surface area (Å²) in [6.45, 7) is 5.05. The lowest BCUT2D eigenvalue weighted by Gasteiger charge is -2.43. The molecule has 21 heavy (non-hydrogen) atoms. The first-order valence-electron chi connectivity index (χ1n) is 8.10. The second kappa shape index (κ2) is 8.49. The minimum atomic E-state index is 0.0441. The predicted octanol–water partition coefficient (Wildman–Crippen LogP) is 1.34. The number of benzene rings is 1. The standard InChI is InChI=1S/C17H29N3O/c18-14-17(19-10-4-5-12-21)9-6-11-20(15-17)13-16-7-2-1-3-8-16/h1-3,7-8,19,21H,4-6,9-15,18H2. The van der Waals surface area contributed by atoms with Crippen LogP contribution in [0.2, 0.25) is 0 Å². The molecule has 118 valence electrons. The van der Waals surface area contributed by atoms with Gasteiger partial charge in [-0.3, -0.25) is 4.90 Å². The van der Waals surface area contributed by atoms with Gasteiger partial charge in [-0.25, -0.2) is 0 Å². The monoisotopic (exact) mass is 291 g/mol. The van der Waals surface area contributed by atoms with E-state index in [4.69, 9.17) is 10.8 Å².